The van der Waals surface area contributed by atoms with E-state index in [9.17, 15) is 13.2 Å². The molecule has 4 rings (SSSR count). The summed E-state index contributed by atoms with van der Waals surface area (Å²) in [5, 5.41) is 12.7. The number of sulfonamides is 1. The van der Waals surface area contributed by atoms with Gasteiger partial charge in [0.2, 0.25) is 11.8 Å². The van der Waals surface area contributed by atoms with E-state index in [-0.39, 0.29) is 10.2 Å². The van der Waals surface area contributed by atoms with E-state index in [4.69, 9.17) is 4.42 Å². The first kappa shape index (κ1) is 23.0. The summed E-state index contributed by atoms with van der Waals surface area (Å²) in [5.74, 6) is -0.0908. The standard InChI is InChI=1S/C21H24N4O4S3/c1-14(2)31-16-9-7-15(8-10-16)13-18-23-24-21(29-18)22-20(26)17-5-3-11-25(17)32(27,28)19-6-4-12-30-19/h4,6-10,12,14,17H,3,5,11,13H2,1-2H3,(H,22,24,26). The highest BCUT2D eigenvalue weighted by Gasteiger charge is 2.40. The number of anilines is 1. The van der Waals surface area contributed by atoms with Gasteiger partial charge in [-0.05, 0) is 42.0 Å². The molecule has 1 fully saturated rings. The molecule has 0 radical (unpaired) electrons. The van der Waals surface area contributed by atoms with Gasteiger partial charge in [0.1, 0.15) is 10.3 Å². The van der Waals surface area contributed by atoms with Gasteiger partial charge in [-0.15, -0.1) is 28.2 Å². The van der Waals surface area contributed by atoms with E-state index in [0.717, 1.165) is 16.9 Å². The number of hydrogen-bond donors (Lipinski definition) is 1. The van der Waals surface area contributed by atoms with Crippen LogP contribution in [-0.2, 0) is 21.2 Å². The lowest BCUT2D eigenvalue weighted by Crippen LogP contribution is -2.42. The molecule has 1 aliphatic heterocycles. The Bertz CT molecular complexity index is 1160. The maximum absolute atomic E-state index is 12.9. The van der Waals surface area contributed by atoms with E-state index in [2.05, 4.69) is 41.5 Å². The normalized spacial score (nSPS) is 17.2. The first-order chi connectivity index (χ1) is 15.3. The van der Waals surface area contributed by atoms with Crippen molar-refractivity contribution in [1.82, 2.24) is 14.5 Å². The number of amides is 1. The van der Waals surface area contributed by atoms with Gasteiger partial charge in [0.25, 0.3) is 10.0 Å². The first-order valence-electron chi connectivity index (χ1n) is 10.3. The topological polar surface area (TPSA) is 105 Å². The number of thioether (sulfide) groups is 1. The largest absolute Gasteiger partial charge is 0.407 e. The van der Waals surface area contributed by atoms with Crippen molar-refractivity contribution < 1.29 is 17.6 Å². The summed E-state index contributed by atoms with van der Waals surface area (Å²) in [4.78, 5) is 14.0. The van der Waals surface area contributed by atoms with Crippen molar-refractivity contribution in [1.29, 1.82) is 0 Å². The van der Waals surface area contributed by atoms with Crippen LogP contribution in [0.3, 0.4) is 0 Å². The number of thiophene rings is 1. The zero-order valence-corrected chi connectivity index (χ0v) is 20.2. The predicted octanol–water partition coefficient (Wildman–Crippen LogP) is 4.01. The Balaban J connectivity index is 1.39. The minimum Gasteiger partial charge on any atom is -0.407 e. The second kappa shape index (κ2) is 9.74. The molecule has 1 aromatic carbocycles. The second-order valence-electron chi connectivity index (χ2n) is 7.68. The second-order valence-corrected chi connectivity index (χ2v) is 12.4. The fourth-order valence-corrected chi connectivity index (χ4v) is 7.13. The predicted molar refractivity (Wildman–Crippen MR) is 124 cm³/mol. The number of carbonyl (C=O) groups excluding carboxylic acids is 1. The van der Waals surface area contributed by atoms with Crippen molar-refractivity contribution in [3.8, 4) is 0 Å². The van der Waals surface area contributed by atoms with Crippen molar-refractivity contribution in [3.05, 3.63) is 53.2 Å². The molecule has 2 aromatic heterocycles. The Morgan fingerprint density at radius 3 is 2.75 bits per heavy atom. The molecule has 0 bridgehead atoms. The molecule has 0 saturated carbocycles. The summed E-state index contributed by atoms with van der Waals surface area (Å²) >= 11 is 2.93. The monoisotopic (exact) mass is 492 g/mol. The molecular weight excluding hydrogens is 468 g/mol. The van der Waals surface area contributed by atoms with Gasteiger partial charge in [-0.1, -0.05) is 37.1 Å². The molecule has 11 heteroatoms. The number of benzene rings is 1. The van der Waals surface area contributed by atoms with Gasteiger partial charge in [-0.25, -0.2) is 8.42 Å². The molecule has 32 heavy (non-hydrogen) atoms. The number of nitrogens with one attached hydrogen (secondary N) is 1. The summed E-state index contributed by atoms with van der Waals surface area (Å²) in [5.41, 5.74) is 1.02. The molecule has 1 unspecified atom stereocenters. The SMILES string of the molecule is CC(C)Sc1ccc(Cc2nnc(NC(=O)C3CCCN3S(=O)(=O)c3cccs3)o2)cc1. The van der Waals surface area contributed by atoms with Crippen LogP contribution >= 0.6 is 23.1 Å². The third-order valence-corrected chi connectivity index (χ3v) is 9.21. The van der Waals surface area contributed by atoms with E-state index < -0.39 is 22.0 Å². The molecule has 0 aliphatic carbocycles. The molecule has 1 saturated heterocycles. The maximum Gasteiger partial charge on any atom is 0.322 e. The molecule has 3 aromatic rings. The van der Waals surface area contributed by atoms with Gasteiger partial charge in [0, 0.05) is 16.7 Å². The van der Waals surface area contributed by atoms with Crippen molar-refractivity contribution in [3.63, 3.8) is 0 Å². The van der Waals surface area contributed by atoms with Gasteiger partial charge >= 0.3 is 6.01 Å². The minimum absolute atomic E-state index is 0.0302. The number of aromatic nitrogens is 2. The molecule has 1 atom stereocenters. The molecule has 1 amide bonds. The van der Waals surface area contributed by atoms with Gasteiger partial charge < -0.3 is 4.42 Å². The quantitative estimate of drug-likeness (QED) is 0.474. The molecule has 170 valence electrons. The Morgan fingerprint density at radius 1 is 1.28 bits per heavy atom. The average Bonchev–Trinajstić information content (AvgIpc) is 3.51. The summed E-state index contributed by atoms with van der Waals surface area (Å²) in [6, 6.07) is 10.5. The Hall–Kier alpha value is -2.21. The van der Waals surface area contributed by atoms with E-state index >= 15 is 0 Å². The molecular formula is C21H24N4O4S3. The van der Waals surface area contributed by atoms with E-state index in [1.807, 2.05) is 12.1 Å². The van der Waals surface area contributed by atoms with Gasteiger partial charge in [0.05, 0.1) is 6.42 Å². The van der Waals surface area contributed by atoms with E-state index in [1.165, 1.54) is 9.20 Å². The molecule has 0 spiro atoms. The number of nitrogens with zero attached hydrogens (tertiary/aromatic N) is 3. The van der Waals surface area contributed by atoms with Crippen LogP contribution in [0.5, 0.6) is 0 Å². The third kappa shape index (κ3) is 5.22. The fourth-order valence-electron chi connectivity index (χ4n) is 3.51. The van der Waals surface area contributed by atoms with Gasteiger partial charge in [-0.2, -0.15) is 4.31 Å². The summed E-state index contributed by atoms with van der Waals surface area (Å²) < 4.78 is 32.8. The van der Waals surface area contributed by atoms with Crippen LogP contribution in [-0.4, -0.2) is 46.7 Å². The smallest absolute Gasteiger partial charge is 0.322 e. The Kier molecular flexibility index (Phi) is 6.99. The van der Waals surface area contributed by atoms with Crippen molar-refractivity contribution >= 4 is 45.0 Å². The number of rotatable bonds is 8. The van der Waals surface area contributed by atoms with Crippen molar-refractivity contribution in [2.75, 3.05) is 11.9 Å². The highest BCUT2D eigenvalue weighted by molar-refractivity contribution is 7.99. The number of hydrogen-bond acceptors (Lipinski definition) is 8. The summed E-state index contributed by atoms with van der Waals surface area (Å²) in [7, 11) is -3.71. The zero-order valence-electron chi connectivity index (χ0n) is 17.7. The molecule has 1 aliphatic rings. The number of carbonyl (C=O) groups is 1. The zero-order chi connectivity index (χ0) is 22.7. The third-order valence-electron chi connectivity index (χ3n) is 4.91. The lowest BCUT2D eigenvalue weighted by Gasteiger charge is -2.21. The Labute approximate surface area is 195 Å². The minimum atomic E-state index is -3.71. The van der Waals surface area contributed by atoms with Crippen LogP contribution in [0, 0.1) is 0 Å². The lowest BCUT2D eigenvalue weighted by molar-refractivity contribution is -0.119. The van der Waals surface area contributed by atoms with Crippen LogP contribution < -0.4 is 5.32 Å². The van der Waals surface area contributed by atoms with Crippen molar-refractivity contribution in [2.24, 2.45) is 0 Å². The maximum atomic E-state index is 12.9. The van der Waals surface area contributed by atoms with Gasteiger partial charge in [-0.3, -0.25) is 10.1 Å². The highest BCUT2D eigenvalue weighted by atomic mass is 32.2. The van der Waals surface area contributed by atoms with Crippen LogP contribution in [0.4, 0.5) is 6.01 Å². The fraction of sp³-hybridized carbons (Fsp3) is 0.381. The van der Waals surface area contributed by atoms with Crippen molar-refractivity contribution in [2.45, 2.75) is 53.5 Å². The average molecular weight is 493 g/mol. The van der Waals surface area contributed by atoms with Crippen LogP contribution in [0.2, 0.25) is 0 Å². The van der Waals surface area contributed by atoms with Crippen LogP contribution in [0.1, 0.15) is 38.1 Å². The van der Waals surface area contributed by atoms with E-state index in [0.29, 0.717) is 36.9 Å². The first-order valence-corrected chi connectivity index (χ1v) is 13.5. The molecule has 3 heterocycles. The van der Waals surface area contributed by atoms with E-state index in [1.54, 1.807) is 29.3 Å². The summed E-state index contributed by atoms with van der Waals surface area (Å²) in [6.07, 6.45) is 1.50. The van der Waals surface area contributed by atoms with Gasteiger partial charge in [0.15, 0.2) is 0 Å². The van der Waals surface area contributed by atoms with Crippen LogP contribution in [0.15, 0.2) is 55.3 Å². The Morgan fingerprint density at radius 2 is 2.06 bits per heavy atom. The summed E-state index contributed by atoms with van der Waals surface area (Å²) in [6.45, 7) is 4.60. The molecule has 8 nitrogen and oxygen atoms in total. The lowest BCUT2D eigenvalue weighted by atomic mass is 10.1. The highest BCUT2D eigenvalue weighted by Crippen LogP contribution is 2.29. The molecule has 1 N–H and O–H groups in total. The van der Waals surface area contributed by atoms with Crippen LogP contribution in [0.25, 0.3) is 0 Å².